The second-order valence-electron chi connectivity index (χ2n) is 6.40. The maximum Gasteiger partial charge on any atom is 0.262 e. The van der Waals surface area contributed by atoms with Crippen molar-refractivity contribution in [1.29, 1.82) is 10.7 Å². The number of aromatic amines is 1. The molecule has 0 atom stereocenters. The molecule has 1 saturated heterocycles. The normalized spacial score (nSPS) is 16.8. The number of nitriles is 1. The fourth-order valence-corrected chi connectivity index (χ4v) is 3.63. The van der Waals surface area contributed by atoms with Gasteiger partial charge in [0.1, 0.15) is 11.9 Å². The van der Waals surface area contributed by atoms with Crippen LogP contribution in [0.5, 0.6) is 0 Å². The van der Waals surface area contributed by atoms with Crippen LogP contribution in [-0.2, 0) is 4.79 Å². The number of anilines is 1. The third-order valence-electron chi connectivity index (χ3n) is 4.97. The molecule has 1 fully saturated rings. The van der Waals surface area contributed by atoms with E-state index >= 15 is 0 Å². The molecule has 2 aliphatic heterocycles. The summed E-state index contributed by atoms with van der Waals surface area (Å²) in [5.41, 5.74) is 2.71. The Bertz CT molecular complexity index is 899. The number of H-pyrrole nitrogens is 1. The molecular weight excluding hydrogens is 352 g/mol. The van der Waals surface area contributed by atoms with Crippen molar-refractivity contribution in [1.82, 2.24) is 14.9 Å². The van der Waals surface area contributed by atoms with E-state index in [4.69, 9.17) is 10.7 Å². The van der Waals surface area contributed by atoms with E-state index in [-0.39, 0.29) is 11.9 Å². The first-order valence-electron chi connectivity index (χ1n) is 9.56. The van der Waals surface area contributed by atoms with Gasteiger partial charge in [-0.2, -0.15) is 5.26 Å². The van der Waals surface area contributed by atoms with Gasteiger partial charge in [0.05, 0.1) is 22.5 Å². The SMILES string of the molecule is CC.N#Cc1ccc(N2CCC(N3C(=O)C(C=N)=C3c3ccc[nH]3)CC2)nc1. The second kappa shape index (κ2) is 8.53. The Hall–Kier alpha value is -3.40. The Morgan fingerprint density at radius 1 is 1.29 bits per heavy atom. The number of aromatic nitrogens is 2. The first kappa shape index (κ1) is 19.4. The van der Waals surface area contributed by atoms with Crippen molar-refractivity contribution in [3.05, 3.63) is 53.5 Å². The molecule has 7 heteroatoms. The molecule has 2 aliphatic rings. The van der Waals surface area contributed by atoms with Crippen LogP contribution >= 0.6 is 0 Å². The molecule has 2 N–H and O–H groups in total. The number of nitrogens with one attached hydrogen (secondary N) is 2. The Labute approximate surface area is 164 Å². The van der Waals surface area contributed by atoms with Crippen molar-refractivity contribution >= 4 is 23.6 Å². The monoisotopic (exact) mass is 376 g/mol. The van der Waals surface area contributed by atoms with Crippen LogP contribution in [0.2, 0.25) is 0 Å². The molecule has 2 aromatic rings. The van der Waals surface area contributed by atoms with Gasteiger partial charge in [0.2, 0.25) is 0 Å². The molecule has 1 amide bonds. The standard InChI is InChI=1S/C19H18N6O.C2H6/c20-10-13-3-4-17(23-12-13)24-8-5-14(6-9-24)25-18(15(11-21)19(25)26)16-2-1-7-22-16;1-2/h1-4,7,11-12,14,21-22H,5-6,8-9H2;1-2H3. The number of rotatable bonds is 4. The molecule has 4 rings (SSSR count). The highest BCUT2D eigenvalue weighted by Crippen LogP contribution is 2.37. The van der Waals surface area contributed by atoms with Crippen molar-refractivity contribution < 1.29 is 4.79 Å². The van der Waals surface area contributed by atoms with Crippen LogP contribution in [0.25, 0.3) is 5.70 Å². The lowest BCUT2D eigenvalue weighted by Gasteiger charge is -2.44. The molecule has 0 aliphatic carbocycles. The van der Waals surface area contributed by atoms with Crippen LogP contribution in [0.1, 0.15) is 37.9 Å². The number of piperidine rings is 1. The third-order valence-corrected chi connectivity index (χ3v) is 4.97. The van der Waals surface area contributed by atoms with Gasteiger partial charge in [-0.15, -0.1) is 0 Å². The summed E-state index contributed by atoms with van der Waals surface area (Å²) < 4.78 is 0. The lowest BCUT2D eigenvalue weighted by atomic mass is 9.93. The number of amides is 1. The average molecular weight is 376 g/mol. The van der Waals surface area contributed by atoms with Crippen molar-refractivity contribution in [2.75, 3.05) is 18.0 Å². The summed E-state index contributed by atoms with van der Waals surface area (Å²) in [5, 5.41) is 16.4. The van der Waals surface area contributed by atoms with Gasteiger partial charge in [0.15, 0.2) is 0 Å². The summed E-state index contributed by atoms with van der Waals surface area (Å²) in [7, 11) is 0. The first-order valence-corrected chi connectivity index (χ1v) is 9.56. The third kappa shape index (κ3) is 3.41. The summed E-state index contributed by atoms with van der Waals surface area (Å²) in [6.45, 7) is 5.59. The molecule has 0 unspecified atom stereocenters. The maximum absolute atomic E-state index is 12.5. The summed E-state index contributed by atoms with van der Waals surface area (Å²) in [6, 6.07) is 9.66. The molecule has 0 saturated carbocycles. The van der Waals surface area contributed by atoms with Crippen LogP contribution in [0.15, 0.2) is 42.2 Å². The molecule has 0 aromatic carbocycles. The molecular formula is C21H24N6O. The Kier molecular flexibility index (Phi) is 5.90. The summed E-state index contributed by atoms with van der Waals surface area (Å²) >= 11 is 0. The van der Waals surface area contributed by atoms with E-state index in [2.05, 4.69) is 20.9 Å². The first-order chi connectivity index (χ1) is 13.7. The van der Waals surface area contributed by atoms with Crippen molar-refractivity contribution in [2.24, 2.45) is 0 Å². The number of nitrogens with zero attached hydrogens (tertiary/aromatic N) is 4. The van der Waals surface area contributed by atoms with Gasteiger partial charge in [-0.3, -0.25) is 4.79 Å². The van der Waals surface area contributed by atoms with Crippen molar-refractivity contribution in [3.63, 3.8) is 0 Å². The van der Waals surface area contributed by atoms with Gasteiger partial charge in [-0.05, 0) is 37.1 Å². The molecule has 0 radical (unpaired) electrons. The quantitative estimate of drug-likeness (QED) is 0.801. The minimum Gasteiger partial charge on any atom is -0.360 e. The molecule has 7 nitrogen and oxygen atoms in total. The smallest absolute Gasteiger partial charge is 0.262 e. The molecule has 0 bridgehead atoms. The van der Waals surface area contributed by atoms with Gasteiger partial charge in [0, 0.05) is 37.7 Å². The van der Waals surface area contributed by atoms with Crippen LogP contribution in [0.4, 0.5) is 5.82 Å². The number of pyridine rings is 1. The van der Waals surface area contributed by atoms with Crippen LogP contribution in [0, 0.1) is 16.7 Å². The van der Waals surface area contributed by atoms with E-state index in [1.165, 1.54) is 0 Å². The number of hydrogen-bond acceptors (Lipinski definition) is 5. The fraction of sp³-hybridized carbons (Fsp3) is 0.333. The zero-order valence-corrected chi connectivity index (χ0v) is 16.1. The highest BCUT2D eigenvalue weighted by molar-refractivity contribution is 6.26. The highest BCUT2D eigenvalue weighted by atomic mass is 16.2. The topological polar surface area (TPSA) is 99.9 Å². The molecule has 2 aromatic heterocycles. The minimum absolute atomic E-state index is 0.0699. The van der Waals surface area contributed by atoms with E-state index in [0.29, 0.717) is 11.1 Å². The van der Waals surface area contributed by atoms with Gasteiger partial charge < -0.3 is 20.2 Å². The van der Waals surface area contributed by atoms with Gasteiger partial charge in [-0.1, -0.05) is 13.8 Å². The van der Waals surface area contributed by atoms with Gasteiger partial charge in [0.25, 0.3) is 5.91 Å². The Morgan fingerprint density at radius 3 is 2.57 bits per heavy atom. The molecule has 28 heavy (non-hydrogen) atoms. The zero-order valence-electron chi connectivity index (χ0n) is 16.1. The molecule has 0 spiro atoms. The average Bonchev–Trinajstić information content (AvgIpc) is 3.28. The Morgan fingerprint density at radius 2 is 2.04 bits per heavy atom. The van der Waals surface area contributed by atoms with Crippen LogP contribution in [-0.4, -0.2) is 46.1 Å². The van der Waals surface area contributed by atoms with E-state index in [9.17, 15) is 4.79 Å². The lowest BCUT2D eigenvalue weighted by Crippen LogP contribution is -2.52. The summed E-state index contributed by atoms with van der Waals surface area (Å²) in [4.78, 5) is 24.0. The maximum atomic E-state index is 12.5. The predicted octanol–water partition coefficient (Wildman–Crippen LogP) is 3.18. The van der Waals surface area contributed by atoms with E-state index < -0.39 is 0 Å². The highest BCUT2D eigenvalue weighted by Gasteiger charge is 2.41. The number of carbonyl (C=O) groups is 1. The predicted molar refractivity (Wildman–Crippen MR) is 109 cm³/mol. The van der Waals surface area contributed by atoms with E-state index in [1.807, 2.05) is 43.1 Å². The van der Waals surface area contributed by atoms with Crippen molar-refractivity contribution in [3.8, 4) is 6.07 Å². The largest absolute Gasteiger partial charge is 0.360 e. The number of hydrogen-bond donors (Lipinski definition) is 2. The molecule has 4 heterocycles. The zero-order chi connectivity index (χ0) is 20.1. The summed E-state index contributed by atoms with van der Waals surface area (Å²) in [6.07, 6.45) is 6.23. The van der Waals surface area contributed by atoms with Gasteiger partial charge >= 0.3 is 0 Å². The summed E-state index contributed by atoms with van der Waals surface area (Å²) in [5.74, 6) is 0.789. The van der Waals surface area contributed by atoms with Crippen LogP contribution < -0.4 is 4.90 Å². The minimum atomic E-state index is -0.0699. The van der Waals surface area contributed by atoms with Crippen LogP contribution in [0.3, 0.4) is 0 Å². The molecule has 144 valence electrons. The van der Waals surface area contributed by atoms with Crippen molar-refractivity contribution in [2.45, 2.75) is 32.7 Å². The van der Waals surface area contributed by atoms with E-state index in [0.717, 1.165) is 49.4 Å². The Balaban J connectivity index is 0.00000109. The van der Waals surface area contributed by atoms with E-state index in [1.54, 1.807) is 12.3 Å². The second-order valence-corrected chi connectivity index (χ2v) is 6.40. The van der Waals surface area contributed by atoms with Gasteiger partial charge in [-0.25, -0.2) is 4.98 Å². The lowest BCUT2D eigenvalue weighted by molar-refractivity contribution is -0.128. The fourth-order valence-electron chi connectivity index (χ4n) is 3.63. The number of carbonyl (C=O) groups excluding carboxylic acids is 1.